The van der Waals surface area contributed by atoms with Crippen LogP contribution >= 0.6 is 0 Å². The minimum absolute atomic E-state index is 0.00437. The van der Waals surface area contributed by atoms with Gasteiger partial charge >= 0.3 is 0 Å². The standard InChI is InChI=1S/C12H19NO3/c1-2-4-11-7-10(9-15)8-12(13-11)16-6-3-5-14/h7-8,14-15H,2-6,9H2,1H3. The molecule has 0 radical (unpaired) electrons. The molecule has 0 aliphatic rings. The van der Waals surface area contributed by atoms with E-state index in [9.17, 15) is 0 Å². The molecule has 0 aliphatic heterocycles. The quantitative estimate of drug-likeness (QED) is 0.686. The van der Waals surface area contributed by atoms with Gasteiger partial charge in [-0.05, 0) is 18.1 Å². The van der Waals surface area contributed by atoms with Gasteiger partial charge in [-0.2, -0.15) is 0 Å². The molecule has 0 saturated heterocycles. The third-order valence-electron chi connectivity index (χ3n) is 2.16. The third-order valence-corrected chi connectivity index (χ3v) is 2.16. The van der Waals surface area contributed by atoms with Gasteiger partial charge in [0.2, 0.25) is 5.88 Å². The summed E-state index contributed by atoms with van der Waals surface area (Å²) in [5.41, 5.74) is 1.76. The average molecular weight is 225 g/mol. The van der Waals surface area contributed by atoms with Crippen molar-refractivity contribution >= 4 is 0 Å². The maximum Gasteiger partial charge on any atom is 0.213 e. The molecule has 0 aliphatic carbocycles. The van der Waals surface area contributed by atoms with Gasteiger partial charge < -0.3 is 14.9 Å². The van der Waals surface area contributed by atoms with Crippen LogP contribution in [0.4, 0.5) is 0 Å². The van der Waals surface area contributed by atoms with Crippen LogP contribution in [0.2, 0.25) is 0 Å². The van der Waals surface area contributed by atoms with Gasteiger partial charge in [0.05, 0.1) is 13.2 Å². The molecule has 0 amide bonds. The van der Waals surface area contributed by atoms with Crippen LogP contribution in [0.3, 0.4) is 0 Å². The van der Waals surface area contributed by atoms with Gasteiger partial charge in [-0.1, -0.05) is 13.3 Å². The molecule has 0 bridgehead atoms. The number of aliphatic hydroxyl groups excluding tert-OH is 2. The highest BCUT2D eigenvalue weighted by molar-refractivity contribution is 5.24. The summed E-state index contributed by atoms with van der Waals surface area (Å²) in [6.45, 7) is 2.64. The molecule has 1 heterocycles. The summed E-state index contributed by atoms with van der Waals surface area (Å²) in [6.07, 6.45) is 2.48. The van der Waals surface area contributed by atoms with Crippen LogP contribution < -0.4 is 4.74 Å². The number of aliphatic hydroxyl groups is 2. The highest BCUT2D eigenvalue weighted by Gasteiger charge is 2.03. The Bertz CT molecular complexity index is 315. The molecule has 16 heavy (non-hydrogen) atoms. The number of nitrogens with zero attached hydrogens (tertiary/aromatic N) is 1. The van der Waals surface area contributed by atoms with E-state index in [2.05, 4.69) is 11.9 Å². The molecular weight excluding hydrogens is 206 g/mol. The Kier molecular flexibility index (Phi) is 5.82. The van der Waals surface area contributed by atoms with Crippen LogP contribution in [0.5, 0.6) is 5.88 Å². The molecule has 1 aromatic heterocycles. The normalized spacial score (nSPS) is 10.4. The maximum absolute atomic E-state index is 9.10. The fraction of sp³-hybridized carbons (Fsp3) is 0.583. The van der Waals surface area contributed by atoms with Crippen molar-refractivity contribution in [2.24, 2.45) is 0 Å². The third kappa shape index (κ3) is 4.16. The number of aryl methyl sites for hydroxylation is 1. The molecule has 0 saturated carbocycles. The zero-order chi connectivity index (χ0) is 11.8. The number of aromatic nitrogens is 1. The summed E-state index contributed by atoms with van der Waals surface area (Å²) in [5.74, 6) is 0.531. The predicted octanol–water partition coefficient (Wildman–Crippen LogP) is 1.29. The first kappa shape index (κ1) is 12.9. The van der Waals surface area contributed by atoms with E-state index in [1.165, 1.54) is 0 Å². The topological polar surface area (TPSA) is 62.6 Å². The van der Waals surface area contributed by atoms with E-state index in [0.29, 0.717) is 18.9 Å². The molecule has 2 N–H and O–H groups in total. The Labute approximate surface area is 95.9 Å². The summed E-state index contributed by atoms with van der Waals surface area (Å²) < 4.78 is 5.39. The van der Waals surface area contributed by atoms with Crippen molar-refractivity contribution in [3.63, 3.8) is 0 Å². The number of hydrogen-bond acceptors (Lipinski definition) is 4. The molecule has 0 fully saturated rings. The first-order valence-corrected chi connectivity index (χ1v) is 5.64. The van der Waals surface area contributed by atoms with Crippen molar-refractivity contribution in [3.8, 4) is 5.88 Å². The van der Waals surface area contributed by atoms with Gasteiger partial charge in [-0.15, -0.1) is 0 Å². The monoisotopic (exact) mass is 225 g/mol. The summed E-state index contributed by atoms with van der Waals surface area (Å²) in [5, 5.41) is 17.7. The zero-order valence-electron chi connectivity index (χ0n) is 9.65. The summed E-state index contributed by atoms with van der Waals surface area (Å²) >= 11 is 0. The Balaban J connectivity index is 2.69. The lowest BCUT2D eigenvalue weighted by Gasteiger charge is -2.08. The number of hydrogen-bond donors (Lipinski definition) is 2. The lowest BCUT2D eigenvalue weighted by Crippen LogP contribution is -2.03. The minimum atomic E-state index is -0.00437. The average Bonchev–Trinajstić information content (AvgIpc) is 2.29. The van der Waals surface area contributed by atoms with Gasteiger partial charge in [0.25, 0.3) is 0 Å². The molecule has 4 nitrogen and oxygen atoms in total. The number of ether oxygens (including phenoxy) is 1. The summed E-state index contributed by atoms with van der Waals surface area (Å²) in [7, 11) is 0. The Morgan fingerprint density at radius 3 is 2.75 bits per heavy atom. The van der Waals surface area contributed by atoms with E-state index < -0.39 is 0 Å². The van der Waals surface area contributed by atoms with E-state index in [1.807, 2.05) is 6.07 Å². The van der Waals surface area contributed by atoms with E-state index >= 15 is 0 Å². The SMILES string of the molecule is CCCc1cc(CO)cc(OCCCO)n1. The fourth-order valence-electron chi connectivity index (χ4n) is 1.41. The maximum atomic E-state index is 9.10. The molecule has 0 spiro atoms. The van der Waals surface area contributed by atoms with E-state index in [1.54, 1.807) is 6.07 Å². The molecule has 0 aromatic carbocycles. The lowest BCUT2D eigenvalue weighted by molar-refractivity contribution is 0.228. The second-order valence-electron chi connectivity index (χ2n) is 3.64. The van der Waals surface area contributed by atoms with E-state index in [4.69, 9.17) is 14.9 Å². The molecular formula is C12H19NO3. The van der Waals surface area contributed by atoms with Crippen molar-refractivity contribution in [3.05, 3.63) is 23.4 Å². The Morgan fingerprint density at radius 2 is 2.12 bits per heavy atom. The first-order valence-electron chi connectivity index (χ1n) is 5.64. The Hall–Kier alpha value is -1.13. The van der Waals surface area contributed by atoms with Gasteiger partial charge in [0, 0.05) is 24.8 Å². The largest absolute Gasteiger partial charge is 0.478 e. The van der Waals surface area contributed by atoms with Gasteiger partial charge in [-0.3, -0.25) is 0 Å². The summed E-state index contributed by atoms with van der Waals surface area (Å²) in [4.78, 5) is 4.33. The van der Waals surface area contributed by atoms with Crippen LogP contribution in [0.15, 0.2) is 12.1 Å². The van der Waals surface area contributed by atoms with Crippen molar-refractivity contribution in [2.75, 3.05) is 13.2 Å². The van der Waals surface area contributed by atoms with E-state index in [-0.39, 0.29) is 13.2 Å². The van der Waals surface area contributed by atoms with Crippen LogP contribution in [0.1, 0.15) is 31.0 Å². The van der Waals surface area contributed by atoms with Gasteiger partial charge in [-0.25, -0.2) is 4.98 Å². The van der Waals surface area contributed by atoms with E-state index in [0.717, 1.165) is 24.1 Å². The zero-order valence-corrected chi connectivity index (χ0v) is 9.65. The van der Waals surface area contributed by atoms with Crippen molar-refractivity contribution in [2.45, 2.75) is 32.8 Å². The first-order chi connectivity index (χ1) is 7.80. The molecule has 0 unspecified atom stereocenters. The molecule has 1 rings (SSSR count). The minimum Gasteiger partial charge on any atom is -0.478 e. The lowest BCUT2D eigenvalue weighted by atomic mass is 10.2. The second-order valence-corrected chi connectivity index (χ2v) is 3.64. The van der Waals surface area contributed by atoms with Crippen LogP contribution in [0, 0.1) is 0 Å². The molecule has 4 heteroatoms. The molecule has 0 atom stereocenters. The van der Waals surface area contributed by atoms with Crippen molar-refractivity contribution < 1.29 is 14.9 Å². The highest BCUT2D eigenvalue weighted by Crippen LogP contribution is 2.14. The molecule has 90 valence electrons. The van der Waals surface area contributed by atoms with Crippen molar-refractivity contribution in [1.29, 1.82) is 0 Å². The van der Waals surface area contributed by atoms with Gasteiger partial charge in [0.1, 0.15) is 0 Å². The fourth-order valence-corrected chi connectivity index (χ4v) is 1.41. The Morgan fingerprint density at radius 1 is 1.31 bits per heavy atom. The second kappa shape index (κ2) is 7.19. The van der Waals surface area contributed by atoms with Gasteiger partial charge in [0.15, 0.2) is 0 Å². The van der Waals surface area contributed by atoms with Crippen LogP contribution in [-0.4, -0.2) is 28.4 Å². The summed E-state index contributed by atoms with van der Waals surface area (Å²) in [6, 6.07) is 3.62. The number of rotatable bonds is 7. The van der Waals surface area contributed by atoms with Crippen molar-refractivity contribution in [1.82, 2.24) is 4.98 Å². The van der Waals surface area contributed by atoms with Crippen LogP contribution in [-0.2, 0) is 13.0 Å². The highest BCUT2D eigenvalue weighted by atomic mass is 16.5. The predicted molar refractivity (Wildman–Crippen MR) is 61.4 cm³/mol. The van der Waals surface area contributed by atoms with Crippen LogP contribution in [0.25, 0.3) is 0 Å². The smallest absolute Gasteiger partial charge is 0.213 e. The number of pyridine rings is 1. The molecule has 1 aromatic rings.